The number of hydrogen-bond donors (Lipinski definition) is 1. The van der Waals surface area contributed by atoms with Gasteiger partial charge >= 0.3 is 0 Å². The van der Waals surface area contributed by atoms with E-state index in [1.54, 1.807) is 17.9 Å². The fourth-order valence-electron chi connectivity index (χ4n) is 3.20. The predicted octanol–water partition coefficient (Wildman–Crippen LogP) is 3.97. The van der Waals surface area contributed by atoms with E-state index in [2.05, 4.69) is 15.3 Å². The number of benzene rings is 2. The first-order chi connectivity index (χ1) is 14.1. The number of aromatic nitrogens is 2. The number of aryl methyl sites for hydroxylation is 1. The third-order valence-corrected chi connectivity index (χ3v) is 4.50. The molecule has 0 radical (unpaired) electrons. The lowest BCUT2D eigenvalue weighted by atomic mass is 10.2. The average Bonchev–Trinajstić information content (AvgIpc) is 2.74. The zero-order chi connectivity index (χ0) is 20.2. The number of carbonyl (C=O) groups is 1. The topological polar surface area (TPSA) is 76.6 Å². The van der Waals surface area contributed by atoms with Crippen molar-refractivity contribution in [1.29, 1.82) is 0 Å². The highest BCUT2D eigenvalue weighted by atomic mass is 16.6. The van der Waals surface area contributed by atoms with Crippen LogP contribution in [0.4, 0.5) is 17.2 Å². The highest BCUT2D eigenvalue weighted by molar-refractivity contribution is 6.05. The van der Waals surface area contributed by atoms with Crippen molar-refractivity contribution >= 4 is 23.1 Å². The fourth-order valence-corrected chi connectivity index (χ4v) is 3.20. The van der Waals surface area contributed by atoms with Crippen LogP contribution in [0.1, 0.15) is 23.2 Å². The first kappa shape index (κ1) is 18.7. The summed E-state index contributed by atoms with van der Waals surface area (Å²) in [6, 6.07) is 16.8. The van der Waals surface area contributed by atoms with Crippen molar-refractivity contribution in [2.24, 2.45) is 0 Å². The molecular formula is C22H22N4O3. The number of amides is 1. The van der Waals surface area contributed by atoms with Crippen molar-refractivity contribution in [1.82, 2.24) is 9.97 Å². The first-order valence-corrected chi connectivity index (χ1v) is 9.53. The molecule has 7 heteroatoms. The average molecular weight is 390 g/mol. The van der Waals surface area contributed by atoms with Crippen LogP contribution in [-0.4, -0.2) is 35.6 Å². The number of carbonyl (C=O) groups excluding carboxylic acids is 1. The van der Waals surface area contributed by atoms with E-state index < -0.39 is 0 Å². The van der Waals surface area contributed by atoms with Crippen molar-refractivity contribution in [2.75, 3.05) is 30.0 Å². The Balaban J connectivity index is 1.60. The molecule has 0 unspecified atom stereocenters. The number of nitrogens with zero attached hydrogens (tertiary/aromatic N) is 3. The van der Waals surface area contributed by atoms with Crippen LogP contribution in [0.25, 0.3) is 0 Å². The number of anilines is 3. The van der Waals surface area contributed by atoms with E-state index in [0.29, 0.717) is 42.8 Å². The highest BCUT2D eigenvalue weighted by Crippen LogP contribution is 2.33. The van der Waals surface area contributed by atoms with Gasteiger partial charge in [0.15, 0.2) is 11.5 Å². The largest absolute Gasteiger partial charge is 0.486 e. The summed E-state index contributed by atoms with van der Waals surface area (Å²) in [6.45, 7) is 5.31. The minimum Gasteiger partial charge on any atom is -0.486 e. The van der Waals surface area contributed by atoms with Gasteiger partial charge in [0.05, 0.1) is 0 Å². The van der Waals surface area contributed by atoms with Gasteiger partial charge in [0.1, 0.15) is 30.5 Å². The maximum Gasteiger partial charge on any atom is 0.277 e. The molecule has 1 aromatic heterocycles. The summed E-state index contributed by atoms with van der Waals surface area (Å²) >= 11 is 0. The normalized spacial score (nSPS) is 12.3. The minimum absolute atomic E-state index is 0.172. The molecule has 2 heterocycles. The van der Waals surface area contributed by atoms with Crippen LogP contribution in [0, 0.1) is 6.92 Å². The molecule has 2 aromatic carbocycles. The molecule has 1 aliphatic rings. The summed E-state index contributed by atoms with van der Waals surface area (Å²) in [6.07, 6.45) is 0. The molecule has 1 amide bonds. The van der Waals surface area contributed by atoms with E-state index in [-0.39, 0.29) is 5.91 Å². The Hall–Kier alpha value is -3.61. The molecule has 29 heavy (non-hydrogen) atoms. The lowest BCUT2D eigenvalue weighted by Gasteiger charge is -2.21. The van der Waals surface area contributed by atoms with Crippen molar-refractivity contribution in [3.8, 4) is 11.5 Å². The van der Waals surface area contributed by atoms with Crippen LogP contribution < -0.4 is 19.7 Å². The van der Waals surface area contributed by atoms with E-state index >= 15 is 0 Å². The van der Waals surface area contributed by atoms with Gasteiger partial charge in [-0.3, -0.25) is 4.79 Å². The quantitative estimate of drug-likeness (QED) is 0.710. The van der Waals surface area contributed by atoms with Gasteiger partial charge in [-0.1, -0.05) is 18.2 Å². The second kappa shape index (κ2) is 8.18. The third-order valence-electron chi connectivity index (χ3n) is 4.50. The second-order valence-corrected chi connectivity index (χ2v) is 6.55. The van der Waals surface area contributed by atoms with Gasteiger partial charge in [0.2, 0.25) is 0 Å². The maximum atomic E-state index is 13.1. The van der Waals surface area contributed by atoms with Crippen molar-refractivity contribution in [3.05, 3.63) is 66.1 Å². The number of ether oxygens (including phenoxy) is 2. The molecule has 0 bridgehead atoms. The molecule has 0 spiro atoms. The molecule has 0 atom stereocenters. The van der Waals surface area contributed by atoms with Gasteiger partial charge in [0.25, 0.3) is 5.91 Å². The molecule has 4 rings (SSSR count). The Morgan fingerprint density at radius 3 is 2.55 bits per heavy atom. The van der Waals surface area contributed by atoms with Crippen LogP contribution >= 0.6 is 0 Å². The fraction of sp³-hybridized carbons (Fsp3) is 0.227. The van der Waals surface area contributed by atoms with Gasteiger partial charge in [-0.15, -0.1) is 0 Å². The van der Waals surface area contributed by atoms with E-state index in [1.807, 2.05) is 55.5 Å². The zero-order valence-corrected chi connectivity index (χ0v) is 16.4. The lowest BCUT2D eigenvalue weighted by Crippen LogP contribution is -2.31. The summed E-state index contributed by atoms with van der Waals surface area (Å²) in [5, 5.41) is 3.23. The van der Waals surface area contributed by atoms with Gasteiger partial charge in [0, 0.05) is 30.1 Å². The smallest absolute Gasteiger partial charge is 0.277 e. The molecule has 1 N–H and O–H groups in total. The van der Waals surface area contributed by atoms with E-state index in [9.17, 15) is 4.79 Å². The van der Waals surface area contributed by atoms with Crippen LogP contribution in [0.15, 0.2) is 54.6 Å². The molecule has 7 nitrogen and oxygen atoms in total. The molecule has 1 aliphatic heterocycles. The van der Waals surface area contributed by atoms with Crippen molar-refractivity contribution < 1.29 is 14.3 Å². The highest BCUT2D eigenvalue weighted by Gasteiger charge is 2.19. The standard InChI is InChI=1S/C22H22N4O3/c1-3-26(17-7-5-4-6-8-17)22(27)18-14-21(24-15(2)23-18)25-16-9-10-19-20(13-16)29-12-11-28-19/h4-10,13-14H,3,11-12H2,1-2H3,(H,23,24,25). The first-order valence-electron chi connectivity index (χ1n) is 9.53. The molecule has 0 saturated heterocycles. The van der Waals surface area contributed by atoms with Crippen molar-refractivity contribution in [2.45, 2.75) is 13.8 Å². The third kappa shape index (κ3) is 4.13. The Labute approximate surface area is 169 Å². The second-order valence-electron chi connectivity index (χ2n) is 6.55. The van der Waals surface area contributed by atoms with E-state index in [1.165, 1.54) is 0 Å². The maximum absolute atomic E-state index is 13.1. The van der Waals surface area contributed by atoms with Gasteiger partial charge in [-0.25, -0.2) is 9.97 Å². The molecule has 0 fully saturated rings. The Kier molecular flexibility index (Phi) is 5.29. The molecule has 3 aromatic rings. The lowest BCUT2D eigenvalue weighted by molar-refractivity contribution is 0.0983. The summed E-state index contributed by atoms with van der Waals surface area (Å²) in [5.41, 5.74) is 1.96. The minimum atomic E-state index is -0.172. The van der Waals surface area contributed by atoms with Gasteiger partial charge < -0.3 is 19.7 Å². The Morgan fingerprint density at radius 2 is 1.79 bits per heavy atom. The Bertz CT molecular complexity index is 1020. The number of hydrogen-bond acceptors (Lipinski definition) is 6. The number of para-hydroxylation sites is 1. The molecule has 0 saturated carbocycles. The summed E-state index contributed by atoms with van der Waals surface area (Å²) in [7, 11) is 0. The predicted molar refractivity (Wildman–Crippen MR) is 111 cm³/mol. The molecule has 0 aliphatic carbocycles. The number of rotatable bonds is 5. The van der Waals surface area contributed by atoms with Crippen LogP contribution in [0.2, 0.25) is 0 Å². The number of nitrogens with one attached hydrogen (secondary N) is 1. The summed E-state index contributed by atoms with van der Waals surface area (Å²) < 4.78 is 11.2. The van der Waals surface area contributed by atoms with E-state index in [0.717, 1.165) is 17.1 Å². The van der Waals surface area contributed by atoms with E-state index in [4.69, 9.17) is 9.47 Å². The molecule has 148 valence electrons. The zero-order valence-electron chi connectivity index (χ0n) is 16.4. The summed E-state index contributed by atoms with van der Waals surface area (Å²) in [5.74, 6) is 2.29. The van der Waals surface area contributed by atoms with Crippen LogP contribution in [0.3, 0.4) is 0 Å². The van der Waals surface area contributed by atoms with Crippen LogP contribution in [-0.2, 0) is 0 Å². The number of fused-ring (bicyclic) bond motifs is 1. The van der Waals surface area contributed by atoms with Crippen molar-refractivity contribution in [3.63, 3.8) is 0 Å². The van der Waals surface area contributed by atoms with Crippen LogP contribution in [0.5, 0.6) is 11.5 Å². The SMILES string of the molecule is CCN(C(=O)c1cc(Nc2ccc3c(c2)OCCO3)nc(C)n1)c1ccccc1. The van der Waals surface area contributed by atoms with Gasteiger partial charge in [-0.2, -0.15) is 0 Å². The van der Waals surface area contributed by atoms with Gasteiger partial charge in [-0.05, 0) is 38.1 Å². The summed E-state index contributed by atoms with van der Waals surface area (Å²) in [4.78, 5) is 23.6. The molecular weight excluding hydrogens is 368 g/mol. The monoisotopic (exact) mass is 390 g/mol. The Morgan fingerprint density at radius 1 is 1.03 bits per heavy atom.